The van der Waals surface area contributed by atoms with Crippen molar-refractivity contribution in [2.45, 2.75) is 46.3 Å². The Morgan fingerprint density at radius 3 is 2.75 bits per heavy atom. The molecule has 2 aromatic heterocycles. The maximum atomic E-state index is 6.41. The molecule has 0 aromatic carbocycles. The second-order valence-electron chi connectivity index (χ2n) is 5.35. The molecule has 0 aliphatic carbocycles. The van der Waals surface area contributed by atoms with Gasteiger partial charge >= 0.3 is 0 Å². The van der Waals surface area contributed by atoms with E-state index in [0.29, 0.717) is 6.04 Å². The third-order valence-corrected chi connectivity index (χ3v) is 3.87. The number of nitrogens with zero attached hydrogens (tertiary/aromatic N) is 3. The average Bonchev–Trinajstić information content (AvgIpc) is 2.95. The Labute approximate surface area is 125 Å². The number of rotatable bonds is 6. The van der Waals surface area contributed by atoms with Crippen LogP contribution in [-0.4, -0.2) is 20.4 Å². The van der Waals surface area contributed by atoms with Gasteiger partial charge in [0.25, 0.3) is 0 Å². The molecule has 0 fully saturated rings. The van der Waals surface area contributed by atoms with Crippen molar-refractivity contribution >= 4 is 11.6 Å². The van der Waals surface area contributed by atoms with Crippen molar-refractivity contribution in [2.75, 3.05) is 0 Å². The van der Waals surface area contributed by atoms with Crippen LogP contribution in [-0.2, 0) is 26.6 Å². The van der Waals surface area contributed by atoms with Crippen LogP contribution in [0.4, 0.5) is 0 Å². The zero-order valence-corrected chi connectivity index (χ0v) is 13.4. The minimum atomic E-state index is 0.477. The summed E-state index contributed by atoms with van der Waals surface area (Å²) in [5.41, 5.74) is 3.29. The molecule has 0 unspecified atom stereocenters. The summed E-state index contributed by atoms with van der Waals surface area (Å²) >= 11 is 6.41. The highest BCUT2D eigenvalue weighted by molar-refractivity contribution is 6.31. The van der Waals surface area contributed by atoms with Crippen LogP contribution >= 0.6 is 11.6 Å². The van der Waals surface area contributed by atoms with Gasteiger partial charge in [-0.25, -0.2) is 0 Å². The predicted molar refractivity (Wildman–Crippen MR) is 83.1 cm³/mol. The zero-order valence-electron chi connectivity index (χ0n) is 12.7. The van der Waals surface area contributed by atoms with Crippen molar-refractivity contribution in [2.24, 2.45) is 7.05 Å². The van der Waals surface area contributed by atoms with Gasteiger partial charge in [-0.05, 0) is 18.6 Å². The van der Waals surface area contributed by atoms with Gasteiger partial charge in [0, 0.05) is 31.5 Å². The van der Waals surface area contributed by atoms with Gasteiger partial charge in [0.1, 0.15) is 0 Å². The monoisotopic (exact) mass is 294 g/mol. The largest absolute Gasteiger partial charge is 0.344 e. The van der Waals surface area contributed by atoms with Gasteiger partial charge in [-0.2, -0.15) is 5.10 Å². The standard InChI is InChI=1S/C15H23ClN4/c1-5-13-15(16)14(19(4)18-13)10-20-8-6-7-12(20)9-17-11(2)3/h6-8,11,17H,5,9-10H2,1-4H3. The van der Waals surface area contributed by atoms with Gasteiger partial charge in [0.05, 0.1) is 23.0 Å². The van der Waals surface area contributed by atoms with E-state index in [1.54, 1.807) is 0 Å². The Morgan fingerprint density at radius 1 is 1.40 bits per heavy atom. The summed E-state index contributed by atoms with van der Waals surface area (Å²) in [5.74, 6) is 0. The number of aromatic nitrogens is 3. The van der Waals surface area contributed by atoms with Crippen LogP contribution in [0.5, 0.6) is 0 Å². The molecule has 0 bridgehead atoms. The van der Waals surface area contributed by atoms with Crippen LogP contribution < -0.4 is 5.32 Å². The van der Waals surface area contributed by atoms with Crippen LogP contribution in [0.2, 0.25) is 5.02 Å². The molecular formula is C15H23ClN4. The number of halogens is 1. The molecule has 4 nitrogen and oxygen atoms in total. The van der Waals surface area contributed by atoms with E-state index in [2.05, 4.69) is 54.1 Å². The van der Waals surface area contributed by atoms with Gasteiger partial charge in [-0.1, -0.05) is 32.4 Å². The average molecular weight is 295 g/mol. The van der Waals surface area contributed by atoms with E-state index in [4.69, 9.17) is 11.6 Å². The van der Waals surface area contributed by atoms with Crippen LogP contribution in [0.3, 0.4) is 0 Å². The highest BCUT2D eigenvalue weighted by atomic mass is 35.5. The van der Waals surface area contributed by atoms with Crippen molar-refractivity contribution in [3.05, 3.63) is 40.4 Å². The summed E-state index contributed by atoms with van der Waals surface area (Å²) in [7, 11) is 1.95. The van der Waals surface area contributed by atoms with Crippen LogP contribution in [0.1, 0.15) is 37.9 Å². The Balaban J connectivity index is 2.18. The van der Waals surface area contributed by atoms with Crippen LogP contribution in [0.25, 0.3) is 0 Å². The van der Waals surface area contributed by atoms with E-state index >= 15 is 0 Å². The molecule has 0 spiro atoms. The van der Waals surface area contributed by atoms with E-state index in [1.807, 2.05) is 11.7 Å². The van der Waals surface area contributed by atoms with Gasteiger partial charge < -0.3 is 9.88 Å². The first kappa shape index (κ1) is 15.1. The predicted octanol–water partition coefficient (Wildman–Crippen LogP) is 2.98. The maximum absolute atomic E-state index is 6.41. The molecule has 0 saturated carbocycles. The highest BCUT2D eigenvalue weighted by Gasteiger charge is 2.14. The zero-order chi connectivity index (χ0) is 14.7. The molecule has 5 heteroatoms. The van der Waals surface area contributed by atoms with Gasteiger partial charge in [0.15, 0.2) is 0 Å². The third kappa shape index (κ3) is 3.25. The molecular weight excluding hydrogens is 272 g/mol. The van der Waals surface area contributed by atoms with Crippen LogP contribution in [0.15, 0.2) is 18.3 Å². The molecule has 20 heavy (non-hydrogen) atoms. The summed E-state index contributed by atoms with van der Waals surface area (Å²) in [6.45, 7) is 7.99. The topological polar surface area (TPSA) is 34.8 Å². The lowest BCUT2D eigenvalue weighted by Gasteiger charge is -2.12. The third-order valence-electron chi connectivity index (χ3n) is 3.44. The lowest BCUT2D eigenvalue weighted by Crippen LogP contribution is -2.23. The van der Waals surface area contributed by atoms with E-state index in [9.17, 15) is 0 Å². The maximum Gasteiger partial charge on any atom is 0.0868 e. The van der Waals surface area contributed by atoms with Gasteiger partial charge in [-0.3, -0.25) is 4.68 Å². The fourth-order valence-corrected chi connectivity index (χ4v) is 2.58. The quantitative estimate of drug-likeness (QED) is 0.889. The van der Waals surface area contributed by atoms with Crippen molar-refractivity contribution in [3.8, 4) is 0 Å². The summed E-state index contributed by atoms with van der Waals surface area (Å²) in [6, 6.07) is 4.69. The van der Waals surface area contributed by atoms with Crippen molar-refractivity contribution < 1.29 is 0 Å². The molecule has 110 valence electrons. The molecule has 0 atom stereocenters. The lowest BCUT2D eigenvalue weighted by atomic mass is 10.3. The molecule has 2 aromatic rings. The second-order valence-corrected chi connectivity index (χ2v) is 5.73. The fraction of sp³-hybridized carbons (Fsp3) is 0.533. The van der Waals surface area contributed by atoms with Crippen molar-refractivity contribution in [1.82, 2.24) is 19.7 Å². The minimum absolute atomic E-state index is 0.477. The summed E-state index contributed by atoms with van der Waals surface area (Å²) in [6.07, 6.45) is 2.95. The molecule has 2 heterocycles. The Morgan fingerprint density at radius 2 is 2.15 bits per heavy atom. The summed E-state index contributed by atoms with van der Waals surface area (Å²) in [4.78, 5) is 0. The number of nitrogens with one attached hydrogen (secondary N) is 1. The first-order chi connectivity index (χ1) is 9.52. The van der Waals surface area contributed by atoms with Crippen molar-refractivity contribution in [3.63, 3.8) is 0 Å². The summed E-state index contributed by atoms with van der Waals surface area (Å²) in [5, 5.41) is 8.71. The minimum Gasteiger partial charge on any atom is -0.344 e. The van der Waals surface area contributed by atoms with Gasteiger partial charge in [0.2, 0.25) is 0 Å². The molecule has 2 rings (SSSR count). The van der Waals surface area contributed by atoms with E-state index in [1.165, 1.54) is 5.69 Å². The lowest BCUT2D eigenvalue weighted by molar-refractivity contribution is 0.558. The van der Waals surface area contributed by atoms with Gasteiger partial charge in [-0.15, -0.1) is 0 Å². The molecule has 0 amide bonds. The SMILES string of the molecule is CCc1nn(C)c(Cn2cccc2CNC(C)C)c1Cl. The number of hydrogen-bond acceptors (Lipinski definition) is 2. The normalized spacial score (nSPS) is 11.5. The van der Waals surface area contributed by atoms with Crippen LogP contribution in [0, 0.1) is 0 Å². The molecule has 0 aliphatic heterocycles. The molecule has 0 saturated heterocycles. The fourth-order valence-electron chi connectivity index (χ4n) is 2.23. The number of aryl methyl sites for hydroxylation is 2. The second kappa shape index (κ2) is 6.46. The van der Waals surface area contributed by atoms with Crippen molar-refractivity contribution in [1.29, 1.82) is 0 Å². The Hall–Kier alpha value is -1.26. The highest BCUT2D eigenvalue weighted by Crippen LogP contribution is 2.22. The Bertz CT molecular complexity index is 568. The van der Waals surface area contributed by atoms with E-state index in [0.717, 1.165) is 35.9 Å². The number of hydrogen-bond donors (Lipinski definition) is 1. The first-order valence-electron chi connectivity index (χ1n) is 7.10. The Kier molecular flexibility index (Phi) is 4.89. The smallest absolute Gasteiger partial charge is 0.0868 e. The van der Waals surface area contributed by atoms with E-state index < -0.39 is 0 Å². The molecule has 0 aliphatic rings. The molecule has 1 N–H and O–H groups in total. The summed E-state index contributed by atoms with van der Waals surface area (Å²) < 4.78 is 4.11. The first-order valence-corrected chi connectivity index (χ1v) is 7.48. The van der Waals surface area contributed by atoms with E-state index in [-0.39, 0.29) is 0 Å². The molecule has 0 radical (unpaired) electrons.